The first-order chi connectivity index (χ1) is 11.5. The third-order valence-electron chi connectivity index (χ3n) is 4.43. The van der Waals surface area contributed by atoms with Crippen molar-refractivity contribution in [2.45, 2.75) is 26.7 Å². The Balaban J connectivity index is 1.76. The SMILES string of the molecule is Cc1cc(C)n(-c2ccc(C(=O)N3CCC[C@H](C(=O)O)C3)cc2)n1. The van der Waals surface area contributed by atoms with Crippen molar-refractivity contribution in [3.63, 3.8) is 0 Å². The molecule has 0 unspecified atom stereocenters. The molecule has 6 heteroatoms. The van der Waals surface area contributed by atoms with Gasteiger partial charge in [0.1, 0.15) is 0 Å². The van der Waals surface area contributed by atoms with Crippen LogP contribution in [0.25, 0.3) is 5.69 Å². The van der Waals surface area contributed by atoms with Gasteiger partial charge >= 0.3 is 5.97 Å². The number of benzene rings is 1. The Morgan fingerprint density at radius 3 is 2.50 bits per heavy atom. The lowest BCUT2D eigenvalue weighted by Gasteiger charge is -2.30. The summed E-state index contributed by atoms with van der Waals surface area (Å²) in [6.45, 7) is 4.82. The van der Waals surface area contributed by atoms with E-state index in [0.29, 0.717) is 18.5 Å². The Morgan fingerprint density at radius 2 is 1.92 bits per heavy atom. The molecule has 1 amide bonds. The largest absolute Gasteiger partial charge is 0.481 e. The molecule has 1 saturated heterocycles. The highest BCUT2D eigenvalue weighted by atomic mass is 16.4. The number of hydrogen-bond donors (Lipinski definition) is 1. The van der Waals surface area contributed by atoms with Crippen LogP contribution in [-0.4, -0.2) is 44.8 Å². The first-order valence-corrected chi connectivity index (χ1v) is 8.11. The number of carbonyl (C=O) groups excluding carboxylic acids is 1. The molecule has 0 aliphatic carbocycles. The molecule has 0 bridgehead atoms. The van der Waals surface area contributed by atoms with E-state index in [1.165, 1.54) is 0 Å². The molecule has 1 aromatic heterocycles. The number of carbonyl (C=O) groups is 2. The summed E-state index contributed by atoms with van der Waals surface area (Å²) in [6.07, 6.45) is 1.36. The molecule has 2 aromatic rings. The van der Waals surface area contributed by atoms with Gasteiger partial charge in [-0.25, -0.2) is 4.68 Å². The van der Waals surface area contributed by atoms with Crippen molar-refractivity contribution >= 4 is 11.9 Å². The molecule has 24 heavy (non-hydrogen) atoms. The van der Waals surface area contributed by atoms with Crippen LogP contribution < -0.4 is 0 Å². The molecule has 6 nitrogen and oxygen atoms in total. The van der Waals surface area contributed by atoms with Crippen molar-refractivity contribution in [1.82, 2.24) is 14.7 Å². The van der Waals surface area contributed by atoms with Crippen LogP contribution >= 0.6 is 0 Å². The Hall–Kier alpha value is -2.63. The van der Waals surface area contributed by atoms with E-state index in [0.717, 1.165) is 23.5 Å². The maximum Gasteiger partial charge on any atom is 0.308 e. The van der Waals surface area contributed by atoms with Gasteiger partial charge in [-0.05, 0) is 57.0 Å². The number of carboxylic acids is 1. The van der Waals surface area contributed by atoms with Gasteiger partial charge in [0.25, 0.3) is 5.91 Å². The molecule has 126 valence electrons. The minimum absolute atomic E-state index is 0.110. The van der Waals surface area contributed by atoms with Gasteiger partial charge in [0, 0.05) is 24.3 Å². The molecule has 2 heterocycles. The fourth-order valence-electron chi connectivity index (χ4n) is 3.18. The summed E-state index contributed by atoms with van der Waals surface area (Å²) in [6, 6.07) is 9.28. The lowest BCUT2D eigenvalue weighted by Crippen LogP contribution is -2.42. The van der Waals surface area contributed by atoms with E-state index in [2.05, 4.69) is 5.10 Å². The number of rotatable bonds is 3. The maximum absolute atomic E-state index is 12.6. The Bertz CT molecular complexity index is 764. The van der Waals surface area contributed by atoms with E-state index in [9.17, 15) is 9.59 Å². The molecular formula is C18H21N3O3. The molecule has 0 saturated carbocycles. The average molecular weight is 327 g/mol. The molecule has 0 radical (unpaired) electrons. The third-order valence-corrected chi connectivity index (χ3v) is 4.43. The number of likely N-dealkylation sites (tertiary alicyclic amines) is 1. The van der Waals surface area contributed by atoms with Gasteiger partial charge in [-0.3, -0.25) is 9.59 Å². The standard InChI is InChI=1S/C18H21N3O3/c1-12-10-13(2)21(19-12)16-7-5-14(6-8-16)17(22)20-9-3-4-15(11-20)18(23)24/h5-8,10,15H,3-4,9,11H2,1-2H3,(H,23,24)/t15-/m0/s1. The van der Waals surface area contributed by atoms with Crippen LogP contribution in [-0.2, 0) is 4.79 Å². The van der Waals surface area contributed by atoms with Crippen LogP contribution in [0.1, 0.15) is 34.6 Å². The number of carboxylic acid groups (broad SMARTS) is 1. The van der Waals surface area contributed by atoms with Crippen molar-refractivity contribution < 1.29 is 14.7 Å². The highest BCUT2D eigenvalue weighted by molar-refractivity contribution is 5.94. The summed E-state index contributed by atoms with van der Waals surface area (Å²) in [5, 5.41) is 13.6. The molecule has 0 spiro atoms. The number of amides is 1. The third kappa shape index (κ3) is 3.18. The van der Waals surface area contributed by atoms with E-state index in [1.807, 2.05) is 36.7 Å². The van der Waals surface area contributed by atoms with Crippen molar-refractivity contribution in [3.8, 4) is 5.69 Å². The first kappa shape index (κ1) is 16.2. The zero-order valence-corrected chi connectivity index (χ0v) is 13.9. The van der Waals surface area contributed by atoms with Crippen LogP contribution in [0, 0.1) is 19.8 Å². The quantitative estimate of drug-likeness (QED) is 0.939. The summed E-state index contributed by atoms with van der Waals surface area (Å²) in [5.74, 6) is -1.40. The van der Waals surface area contributed by atoms with Crippen LogP contribution in [0.4, 0.5) is 0 Å². The predicted octanol–water partition coefficient (Wildman–Crippen LogP) is 2.43. The topological polar surface area (TPSA) is 75.4 Å². The molecule has 1 atom stereocenters. The molecule has 1 N–H and O–H groups in total. The first-order valence-electron chi connectivity index (χ1n) is 8.11. The summed E-state index contributed by atoms with van der Waals surface area (Å²) >= 11 is 0. The number of piperidine rings is 1. The monoisotopic (exact) mass is 327 g/mol. The molecule has 1 fully saturated rings. The van der Waals surface area contributed by atoms with Crippen molar-refractivity contribution in [2.75, 3.05) is 13.1 Å². The number of aliphatic carboxylic acids is 1. The van der Waals surface area contributed by atoms with Gasteiger partial charge in [0.15, 0.2) is 0 Å². The zero-order valence-electron chi connectivity index (χ0n) is 13.9. The molecule has 1 aliphatic rings. The second kappa shape index (κ2) is 6.47. The molecule has 3 rings (SSSR count). The highest BCUT2D eigenvalue weighted by Crippen LogP contribution is 2.20. The Morgan fingerprint density at radius 1 is 1.21 bits per heavy atom. The number of nitrogens with zero attached hydrogens (tertiary/aromatic N) is 3. The van der Waals surface area contributed by atoms with E-state index in [4.69, 9.17) is 5.11 Å². The number of aryl methyl sites for hydroxylation is 2. The summed E-state index contributed by atoms with van der Waals surface area (Å²) < 4.78 is 1.84. The molecular weight excluding hydrogens is 306 g/mol. The second-order valence-corrected chi connectivity index (χ2v) is 6.31. The number of aromatic nitrogens is 2. The van der Waals surface area contributed by atoms with Gasteiger partial charge in [-0.15, -0.1) is 0 Å². The predicted molar refractivity (Wildman–Crippen MR) is 89.3 cm³/mol. The van der Waals surface area contributed by atoms with E-state index in [1.54, 1.807) is 17.0 Å². The van der Waals surface area contributed by atoms with Crippen LogP contribution in [0.3, 0.4) is 0 Å². The van der Waals surface area contributed by atoms with Gasteiger partial charge in [-0.1, -0.05) is 0 Å². The smallest absolute Gasteiger partial charge is 0.308 e. The Kier molecular flexibility index (Phi) is 4.38. The minimum Gasteiger partial charge on any atom is -0.481 e. The molecule has 1 aliphatic heterocycles. The fourth-order valence-corrected chi connectivity index (χ4v) is 3.18. The summed E-state index contributed by atoms with van der Waals surface area (Å²) in [4.78, 5) is 25.4. The highest BCUT2D eigenvalue weighted by Gasteiger charge is 2.28. The van der Waals surface area contributed by atoms with Crippen molar-refractivity contribution in [1.29, 1.82) is 0 Å². The lowest BCUT2D eigenvalue weighted by atomic mass is 9.97. The van der Waals surface area contributed by atoms with E-state index >= 15 is 0 Å². The maximum atomic E-state index is 12.6. The Labute approximate surface area is 140 Å². The van der Waals surface area contributed by atoms with Gasteiger partial charge in [0.2, 0.25) is 0 Å². The van der Waals surface area contributed by atoms with Crippen molar-refractivity contribution in [2.24, 2.45) is 5.92 Å². The van der Waals surface area contributed by atoms with Crippen LogP contribution in [0.2, 0.25) is 0 Å². The van der Waals surface area contributed by atoms with E-state index < -0.39 is 11.9 Å². The second-order valence-electron chi connectivity index (χ2n) is 6.31. The van der Waals surface area contributed by atoms with Gasteiger partial charge in [-0.2, -0.15) is 5.10 Å². The van der Waals surface area contributed by atoms with Gasteiger partial charge < -0.3 is 10.0 Å². The lowest BCUT2D eigenvalue weighted by molar-refractivity contribution is -0.143. The van der Waals surface area contributed by atoms with Crippen LogP contribution in [0.15, 0.2) is 30.3 Å². The normalized spacial score (nSPS) is 17.8. The minimum atomic E-state index is -0.827. The molecule has 1 aromatic carbocycles. The van der Waals surface area contributed by atoms with E-state index in [-0.39, 0.29) is 12.5 Å². The number of hydrogen-bond acceptors (Lipinski definition) is 3. The summed E-state index contributed by atoms with van der Waals surface area (Å²) in [5.41, 5.74) is 3.46. The van der Waals surface area contributed by atoms with Crippen molar-refractivity contribution in [3.05, 3.63) is 47.3 Å². The summed E-state index contributed by atoms with van der Waals surface area (Å²) in [7, 11) is 0. The zero-order chi connectivity index (χ0) is 17.3. The fraction of sp³-hybridized carbons (Fsp3) is 0.389. The van der Waals surface area contributed by atoms with Gasteiger partial charge in [0.05, 0.1) is 17.3 Å². The average Bonchev–Trinajstić information content (AvgIpc) is 2.93. The van der Waals surface area contributed by atoms with Crippen LogP contribution in [0.5, 0.6) is 0 Å².